The van der Waals surface area contributed by atoms with Gasteiger partial charge in [0.15, 0.2) is 0 Å². The lowest BCUT2D eigenvalue weighted by atomic mass is 10.2. The molecule has 0 bridgehead atoms. The zero-order chi connectivity index (χ0) is 6.78. The molecule has 0 aromatic rings. The van der Waals surface area contributed by atoms with Gasteiger partial charge in [0, 0.05) is 15.3 Å². The third-order valence-electron chi connectivity index (χ3n) is 0.450. The molecule has 0 rings (SSSR count). The number of hydrogen-bond acceptors (Lipinski definition) is 2. The molecule has 0 saturated carbocycles. The van der Waals surface area contributed by atoms with Crippen LogP contribution in [0.5, 0.6) is 0 Å². The van der Waals surface area contributed by atoms with Crippen LogP contribution in [0.15, 0.2) is 0 Å². The highest BCUT2D eigenvalue weighted by Crippen LogP contribution is 2.05. The first-order chi connectivity index (χ1) is 3.42. The molecule has 0 aromatic carbocycles. The first-order valence-corrected chi connectivity index (χ1v) is 2.61. The summed E-state index contributed by atoms with van der Waals surface area (Å²) in [5.74, 6) is -0.225. The van der Waals surface area contributed by atoms with Crippen LogP contribution in [0.25, 0.3) is 0 Å². The normalized spacial score (nSPS) is 9.78. The average Bonchev–Trinajstić information content (AvgIpc) is 1.21. The topological polar surface area (TPSA) is 26.3 Å². The Morgan fingerprint density at radius 1 is 1.33 bits per heavy atom. The maximum atomic E-state index is 10.2. The van der Waals surface area contributed by atoms with Gasteiger partial charge in [-0.05, 0) is 20.8 Å². The van der Waals surface area contributed by atoms with Gasteiger partial charge < -0.3 is 4.74 Å². The Hall–Kier alpha value is -0.465. The van der Waals surface area contributed by atoms with Crippen LogP contribution in [0.4, 0.5) is 0 Å². The van der Waals surface area contributed by atoms with Crippen molar-refractivity contribution in [3.05, 3.63) is 0 Å². The van der Waals surface area contributed by atoms with Gasteiger partial charge in [0.25, 0.3) is 0 Å². The van der Waals surface area contributed by atoms with Crippen molar-refractivity contribution in [1.29, 1.82) is 0 Å². The largest absolute Gasteiger partial charge is 0.460 e. The third kappa shape index (κ3) is 11.2. The fourth-order valence-corrected chi connectivity index (χ4v) is 0.431. The van der Waals surface area contributed by atoms with Crippen molar-refractivity contribution in [2.45, 2.75) is 33.3 Å². The van der Waals surface area contributed by atoms with Gasteiger partial charge in [0.05, 0.1) is 0 Å². The second-order valence-electron chi connectivity index (χ2n) is 2.71. The van der Waals surface area contributed by atoms with E-state index in [0.717, 1.165) is 0 Å². The summed E-state index contributed by atoms with van der Waals surface area (Å²) < 4.78 is 4.80. The van der Waals surface area contributed by atoms with E-state index >= 15 is 0 Å². The number of rotatable bonds is 0. The summed E-state index contributed by atoms with van der Waals surface area (Å²) in [6, 6.07) is 0. The van der Waals surface area contributed by atoms with Gasteiger partial charge in [-0.1, -0.05) is 0 Å². The van der Waals surface area contributed by atoms with Crippen molar-refractivity contribution >= 4 is 14.4 Å². The molecule has 0 unspecified atom stereocenters. The third-order valence-corrected chi connectivity index (χ3v) is 0.450. The quantitative estimate of drug-likeness (QED) is 0.358. The number of esters is 1. The van der Waals surface area contributed by atoms with E-state index in [0.29, 0.717) is 0 Å². The molecule has 9 heavy (non-hydrogen) atoms. The van der Waals surface area contributed by atoms with Gasteiger partial charge in [0.2, 0.25) is 0 Å². The molecule has 0 saturated heterocycles. The number of hydrogen-bond donors (Lipinski definition) is 0. The molecule has 3 heteroatoms. The fraction of sp³-hybridized carbons (Fsp3) is 0.833. The van der Waals surface area contributed by atoms with Crippen molar-refractivity contribution in [2.75, 3.05) is 0 Å². The van der Waals surface area contributed by atoms with Crippen LogP contribution in [0, 0.1) is 0 Å². The monoisotopic (exact) mass is 127 g/mol. The van der Waals surface area contributed by atoms with Crippen LogP contribution < -0.4 is 0 Å². The van der Waals surface area contributed by atoms with Gasteiger partial charge in [0.1, 0.15) is 5.60 Å². The lowest BCUT2D eigenvalue weighted by Gasteiger charge is -2.17. The molecule has 0 heterocycles. The van der Waals surface area contributed by atoms with Gasteiger partial charge in [-0.25, -0.2) is 0 Å². The lowest BCUT2D eigenvalue weighted by Crippen LogP contribution is -2.21. The highest BCUT2D eigenvalue weighted by atomic mass is 16.6. The average molecular weight is 127 g/mol. The molecule has 0 N–H and O–H groups in total. The number of carbonyl (C=O) groups is 1. The Morgan fingerprint density at radius 3 is 1.67 bits per heavy atom. The van der Waals surface area contributed by atoms with E-state index in [1.165, 1.54) is 6.92 Å². The smallest absolute Gasteiger partial charge is 0.303 e. The Morgan fingerprint density at radius 2 is 1.67 bits per heavy atom. The molecular formula is C6H12BO2. The zero-order valence-electron chi connectivity index (χ0n) is 6.39. The minimum absolute atomic E-state index is 0. The van der Waals surface area contributed by atoms with E-state index in [1.54, 1.807) is 0 Å². The van der Waals surface area contributed by atoms with Crippen LogP contribution in [0.2, 0.25) is 0 Å². The second kappa shape index (κ2) is 3.54. The maximum absolute atomic E-state index is 10.2. The van der Waals surface area contributed by atoms with Crippen LogP contribution in [-0.2, 0) is 9.53 Å². The molecule has 0 atom stereocenters. The molecule has 0 aliphatic carbocycles. The van der Waals surface area contributed by atoms with E-state index < -0.39 is 0 Å². The molecule has 0 aliphatic rings. The van der Waals surface area contributed by atoms with E-state index in [-0.39, 0.29) is 20.0 Å². The van der Waals surface area contributed by atoms with Crippen LogP contribution in [0.1, 0.15) is 27.7 Å². The van der Waals surface area contributed by atoms with E-state index in [1.807, 2.05) is 20.8 Å². The second-order valence-corrected chi connectivity index (χ2v) is 2.71. The van der Waals surface area contributed by atoms with Gasteiger partial charge in [-0.15, -0.1) is 0 Å². The molecule has 0 fully saturated rings. The lowest BCUT2D eigenvalue weighted by molar-refractivity contribution is -0.151. The summed E-state index contributed by atoms with van der Waals surface area (Å²) >= 11 is 0. The van der Waals surface area contributed by atoms with Gasteiger partial charge in [-0.3, -0.25) is 4.79 Å². The Labute approximate surface area is 58.2 Å². The predicted molar refractivity (Wildman–Crippen MR) is 37.3 cm³/mol. The fourth-order valence-electron chi connectivity index (χ4n) is 0.431. The molecular weight excluding hydrogens is 115 g/mol. The van der Waals surface area contributed by atoms with Crippen molar-refractivity contribution < 1.29 is 9.53 Å². The van der Waals surface area contributed by atoms with Crippen molar-refractivity contribution in [1.82, 2.24) is 0 Å². The van der Waals surface area contributed by atoms with Gasteiger partial charge >= 0.3 is 5.97 Å². The van der Waals surface area contributed by atoms with Crippen LogP contribution >= 0.6 is 0 Å². The Bertz CT molecular complexity index is 93.7. The van der Waals surface area contributed by atoms with Gasteiger partial charge in [-0.2, -0.15) is 0 Å². The maximum Gasteiger partial charge on any atom is 0.303 e. The first kappa shape index (κ1) is 11.3. The minimum atomic E-state index is -0.328. The van der Waals surface area contributed by atoms with Crippen molar-refractivity contribution in [2.24, 2.45) is 0 Å². The molecule has 0 spiro atoms. The SMILES string of the molecule is CC(=O)OC(C)(C)C.[B]. The van der Waals surface area contributed by atoms with Crippen LogP contribution in [0.3, 0.4) is 0 Å². The highest BCUT2D eigenvalue weighted by Gasteiger charge is 2.11. The highest BCUT2D eigenvalue weighted by molar-refractivity contribution is 5.75. The summed E-state index contributed by atoms with van der Waals surface area (Å²) in [5.41, 5.74) is -0.328. The van der Waals surface area contributed by atoms with E-state index in [9.17, 15) is 4.79 Å². The summed E-state index contributed by atoms with van der Waals surface area (Å²) in [6.45, 7) is 6.93. The van der Waals surface area contributed by atoms with Crippen LogP contribution in [-0.4, -0.2) is 20.0 Å². The first-order valence-electron chi connectivity index (χ1n) is 2.61. The summed E-state index contributed by atoms with van der Waals surface area (Å²) in [7, 11) is 0. The molecule has 0 amide bonds. The predicted octanol–water partition coefficient (Wildman–Crippen LogP) is 0.967. The Kier molecular flexibility index (Phi) is 4.46. The molecule has 3 radical (unpaired) electrons. The standard InChI is InChI=1S/C6H12O2.B/c1-5(7)8-6(2,3)4;/h1-4H3;. The summed E-state index contributed by atoms with van der Waals surface area (Å²) in [6.07, 6.45) is 0. The molecule has 51 valence electrons. The molecule has 0 aliphatic heterocycles. The number of ether oxygens (including phenoxy) is 1. The van der Waals surface area contributed by atoms with Crippen molar-refractivity contribution in [3.8, 4) is 0 Å². The zero-order valence-corrected chi connectivity index (χ0v) is 6.39. The van der Waals surface area contributed by atoms with Crippen molar-refractivity contribution in [3.63, 3.8) is 0 Å². The van der Waals surface area contributed by atoms with E-state index in [2.05, 4.69) is 0 Å². The van der Waals surface area contributed by atoms with E-state index in [4.69, 9.17) is 4.74 Å². The minimum Gasteiger partial charge on any atom is -0.460 e. The molecule has 2 nitrogen and oxygen atoms in total. The summed E-state index contributed by atoms with van der Waals surface area (Å²) in [4.78, 5) is 10.2. The summed E-state index contributed by atoms with van der Waals surface area (Å²) in [5, 5.41) is 0. The molecule has 0 aromatic heterocycles. The number of carbonyl (C=O) groups excluding carboxylic acids is 1. The Balaban J connectivity index is 0.